The summed E-state index contributed by atoms with van der Waals surface area (Å²) in [6, 6.07) is 15.3. The van der Waals surface area contributed by atoms with Crippen LogP contribution in [0.3, 0.4) is 0 Å². The number of H-pyrrole nitrogens is 1. The quantitative estimate of drug-likeness (QED) is 0.614. The van der Waals surface area contributed by atoms with Crippen molar-refractivity contribution in [2.75, 3.05) is 12.3 Å². The SMILES string of the molecule is N#CCCN(Cc1ccco1)C(=O)CSc1n[nH]c(-c2ccccc2)n1. The second-order valence-electron chi connectivity index (χ2n) is 5.42. The topological polar surface area (TPSA) is 98.8 Å². The van der Waals surface area contributed by atoms with Gasteiger partial charge in [-0.15, -0.1) is 5.10 Å². The van der Waals surface area contributed by atoms with Crippen LogP contribution < -0.4 is 0 Å². The summed E-state index contributed by atoms with van der Waals surface area (Å²) in [5, 5.41) is 16.3. The van der Waals surface area contributed by atoms with Crippen LogP contribution in [0, 0.1) is 11.3 Å². The number of carbonyl (C=O) groups is 1. The molecule has 0 atom stereocenters. The van der Waals surface area contributed by atoms with Crippen LogP contribution in [0.2, 0.25) is 0 Å². The Labute approximate surface area is 155 Å². The Hall–Kier alpha value is -3.05. The highest BCUT2D eigenvalue weighted by Gasteiger charge is 2.17. The predicted octanol–water partition coefficient (Wildman–Crippen LogP) is 3.10. The van der Waals surface area contributed by atoms with Gasteiger partial charge in [0.1, 0.15) is 5.76 Å². The molecule has 1 N–H and O–H groups in total. The molecule has 0 aliphatic rings. The Bertz CT molecular complexity index is 871. The number of rotatable bonds is 8. The van der Waals surface area contributed by atoms with Crippen LogP contribution in [0.25, 0.3) is 11.4 Å². The van der Waals surface area contributed by atoms with Gasteiger partial charge in [-0.3, -0.25) is 9.89 Å². The summed E-state index contributed by atoms with van der Waals surface area (Å²) in [5.41, 5.74) is 0.937. The standard InChI is InChI=1S/C18H17N5O2S/c19-9-5-10-23(12-15-8-4-11-25-15)16(24)13-26-18-20-17(21-22-18)14-6-2-1-3-7-14/h1-4,6-8,11H,5,10,12-13H2,(H,20,21,22). The molecule has 0 saturated carbocycles. The van der Waals surface area contributed by atoms with Crippen molar-refractivity contribution < 1.29 is 9.21 Å². The molecule has 0 saturated heterocycles. The van der Waals surface area contributed by atoms with E-state index in [-0.39, 0.29) is 18.1 Å². The molecule has 2 heterocycles. The summed E-state index contributed by atoms with van der Waals surface area (Å²) < 4.78 is 5.30. The molecule has 0 bridgehead atoms. The van der Waals surface area contributed by atoms with Crippen LogP contribution in [0.1, 0.15) is 12.2 Å². The lowest BCUT2D eigenvalue weighted by molar-refractivity contribution is -0.129. The summed E-state index contributed by atoms with van der Waals surface area (Å²) >= 11 is 1.26. The van der Waals surface area contributed by atoms with Gasteiger partial charge in [-0.1, -0.05) is 42.1 Å². The molecular formula is C18H17N5O2S. The van der Waals surface area contributed by atoms with E-state index in [9.17, 15) is 4.79 Å². The number of nitriles is 1. The molecule has 1 amide bonds. The molecule has 26 heavy (non-hydrogen) atoms. The van der Waals surface area contributed by atoms with Gasteiger partial charge >= 0.3 is 0 Å². The number of thioether (sulfide) groups is 1. The monoisotopic (exact) mass is 367 g/mol. The number of nitrogens with one attached hydrogen (secondary N) is 1. The summed E-state index contributed by atoms with van der Waals surface area (Å²) in [6.07, 6.45) is 1.84. The number of aromatic amines is 1. The first-order chi connectivity index (χ1) is 12.8. The van der Waals surface area contributed by atoms with Crippen molar-refractivity contribution in [3.63, 3.8) is 0 Å². The third-order valence-electron chi connectivity index (χ3n) is 3.61. The molecule has 2 aromatic heterocycles. The zero-order chi connectivity index (χ0) is 18.2. The fourth-order valence-corrected chi connectivity index (χ4v) is 3.02. The molecule has 0 aliphatic heterocycles. The first-order valence-electron chi connectivity index (χ1n) is 8.04. The summed E-state index contributed by atoms with van der Waals surface area (Å²) in [7, 11) is 0. The van der Waals surface area contributed by atoms with Gasteiger partial charge in [0.25, 0.3) is 0 Å². The Morgan fingerprint density at radius 1 is 1.27 bits per heavy atom. The number of nitrogens with zero attached hydrogens (tertiary/aromatic N) is 4. The molecule has 132 valence electrons. The predicted molar refractivity (Wildman–Crippen MR) is 96.9 cm³/mol. The summed E-state index contributed by atoms with van der Waals surface area (Å²) in [5.74, 6) is 1.45. The van der Waals surface area contributed by atoms with E-state index < -0.39 is 0 Å². The van der Waals surface area contributed by atoms with Gasteiger partial charge in [-0.2, -0.15) is 5.26 Å². The lowest BCUT2D eigenvalue weighted by Crippen LogP contribution is -2.32. The van der Waals surface area contributed by atoms with E-state index >= 15 is 0 Å². The molecule has 0 radical (unpaired) electrons. The van der Waals surface area contributed by atoms with Gasteiger partial charge in [0.2, 0.25) is 11.1 Å². The third kappa shape index (κ3) is 4.74. The fourth-order valence-electron chi connectivity index (χ4n) is 2.32. The molecule has 7 nitrogen and oxygen atoms in total. The number of carbonyl (C=O) groups excluding carboxylic acids is 1. The van der Waals surface area contributed by atoms with E-state index in [4.69, 9.17) is 9.68 Å². The number of hydrogen-bond donors (Lipinski definition) is 1. The Morgan fingerprint density at radius 2 is 2.12 bits per heavy atom. The normalized spacial score (nSPS) is 10.4. The molecule has 8 heteroatoms. The summed E-state index contributed by atoms with van der Waals surface area (Å²) in [6.45, 7) is 0.706. The molecule has 0 aliphatic carbocycles. The molecule has 3 aromatic rings. The zero-order valence-electron chi connectivity index (χ0n) is 14.0. The Kier molecular flexibility index (Phi) is 6.06. The average molecular weight is 367 g/mol. The maximum Gasteiger partial charge on any atom is 0.233 e. The first-order valence-corrected chi connectivity index (χ1v) is 9.02. The first kappa shape index (κ1) is 17.8. The molecule has 0 unspecified atom stereocenters. The second-order valence-corrected chi connectivity index (χ2v) is 6.37. The van der Waals surface area contributed by atoms with Gasteiger partial charge in [0.15, 0.2) is 5.82 Å². The van der Waals surface area contributed by atoms with Crippen molar-refractivity contribution in [2.45, 2.75) is 18.1 Å². The van der Waals surface area contributed by atoms with Crippen LogP contribution in [0.5, 0.6) is 0 Å². The van der Waals surface area contributed by atoms with Gasteiger partial charge in [0.05, 0.1) is 31.1 Å². The molecule has 0 spiro atoms. The lowest BCUT2D eigenvalue weighted by Gasteiger charge is -2.19. The van der Waals surface area contributed by atoms with Crippen molar-refractivity contribution in [3.05, 3.63) is 54.5 Å². The van der Waals surface area contributed by atoms with Gasteiger partial charge in [-0.25, -0.2) is 4.98 Å². The zero-order valence-corrected chi connectivity index (χ0v) is 14.8. The van der Waals surface area contributed by atoms with Crippen LogP contribution in [0.15, 0.2) is 58.3 Å². The van der Waals surface area contributed by atoms with Gasteiger partial charge in [-0.05, 0) is 12.1 Å². The largest absolute Gasteiger partial charge is 0.467 e. The van der Waals surface area contributed by atoms with E-state index in [0.717, 1.165) is 5.56 Å². The third-order valence-corrected chi connectivity index (χ3v) is 4.44. The summed E-state index contributed by atoms with van der Waals surface area (Å²) in [4.78, 5) is 18.5. The highest BCUT2D eigenvalue weighted by Crippen LogP contribution is 2.19. The smallest absolute Gasteiger partial charge is 0.233 e. The number of hydrogen-bond acceptors (Lipinski definition) is 6. The van der Waals surface area contributed by atoms with Crippen molar-refractivity contribution in [2.24, 2.45) is 0 Å². The number of furan rings is 1. The molecule has 3 rings (SSSR count). The van der Waals surface area contributed by atoms with Crippen molar-refractivity contribution in [1.82, 2.24) is 20.1 Å². The Morgan fingerprint density at radius 3 is 2.85 bits per heavy atom. The van der Waals surface area contributed by atoms with Crippen LogP contribution in [0.4, 0.5) is 0 Å². The molecular weight excluding hydrogens is 350 g/mol. The highest BCUT2D eigenvalue weighted by atomic mass is 32.2. The van der Waals surface area contributed by atoms with Crippen LogP contribution in [-0.4, -0.2) is 38.3 Å². The van der Waals surface area contributed by atoms with E-state index in [1.54, 1.807) is 23.3 Å². The minimum atomic E-state index is -0.0901. The van der Waals surface area contributed by atoms with Crippen molar-refractivity contribution >= 4 is 17.7 Å². The van der Waals surface area contributed by atoms with Crippen molar-refractivity contribution in [1.29, 1.82) is 5.26 Å². The van der Waals surface area contributed by atoms with E-state index in [0.29, 0.717) is 29.8 Å². The number of aromatic nitrogens is 3. The fraction of sp³-hybridized carbons (Fsp3) is 0.222. The van der Waals surface area contributed by atoms with Gasteiger partial charge < -0.3 is 9.32 Å². The van der Waals surface area contributed by atoms with Crippen LogP contribution in [-0.2, 0) is 11.3 Å². The minimum absolute atomic E-state index is 0.0901. The lowest BCUT2D eigenvalue weighted by atomic mass is 10.2. The van der Waals surface area contributed by atoms with E-state index in [2.05, 4.69) is 21.3 Å². The van der Waals surface area contributed by atoms with Gasteiger partial charge in [0, 0.05) is 12.1 Å². The number of benzene rings is 1. The van der Waals surface area contributed by atoms with Crippen molar-refractivity contribution in [3.8, 4) is 17.5 Å². The molecule has 0 fully saturated rings. The van der Waals surface area contributed by atoms with E-state index in [1.165, 1.54) is 11.8 Å². The average Bonchev–Trinajstić information content (AvgIpc) is 3.36. The highest BCUT2D eigenvalue weighted by molar-refractivity contribution is 7.99. The maximum absolute atomic E-state index is 12.5. The second kappa shape index (κ2) is 8.87. The van der Waals surface area contributed by atoms with E-state index in [1.807, 2.05) is 30.3 Å². The minimum Gasteiger partial charge on any atom is -0.467 e. The van der Waals surface area contributed by atoms with Crippen LogP contribution >= 0.6 is 11.8 Å². The molecule has 1 aromatic carbocycles. The number of amides is 1. The maximum atomic E-state index is 12.5. The Balaban J connectivity index is 1.59.